The minimum absolute atomic E-state index is 0.0273. The van der Waals surface area contributed by atoms with Gasteiger partial charge < -0.3 is 19.1 Å². The van der Waals surface area contributed by atoms with Gasteiger partial charge in [-0.25, -0.2) is 0 Å². The number of anilines is 2. The number of morpholine rings is 1. The van der Waals surface area contributed by atoms with Crippen LogP contribution in [0, 0.1) is 5.82 Å². The monoisotopic (exact) mass is 458 g/mol. The molecule has 0 radical (unpaired) electrons. The highest BCUT2D eigenvalue weighted by atomic mass is 19.4. The highest BCUT2D eigenvalue weighted by Crippen LogP contribution is 2.40. The lowest BCUT2D eigenvalue weighted by Crippen LogP contribution is -2.49. The van der Waals surface area contributed by atoms with Gasteiger partial charge in [0.15, 0.2) is 11.6 Å². The van der Waals surface area contributed by atoms with Crippen LogP contribution >= 0.6 is 0 Å². The van der Waals surface area contributed by atoms with Gasteiger partial charge in [-0.2, -0.15) is 27.5 Å². The van der Waals surface area contributed by atoms with Crippen molar-refractivity contribution in [2.75, 3.05) is 36.1 Å². The lowest BCUT2D eigenvalue weighted by molar-refractivity contribution is -0.171. The Morgan fingerprint density at radius 1 is 1.16 bits per heavy atom. The maximum atomic E-state index is 15.1. The molecule has 2 aliphatic heterocycles. The van der Waals surface area contributed by atoms with Crippen molar-refractivity contribution in [3.8, 4) is 0 Å². The van der Waals surface area contributed by atoms with Gasteiger partial charge in [0.25, 0.3) is 5.56 Å². The Morgan fingerprint density at radius 3 is 2.62 bits per heavy atom. The molecule has 1 saturated heterocycles. The highest BCUT2D eigenvalue weighted by molar-refractivity contribution is 5.48. The average Bonchev–Trinajstić information content (AvgIpc) is 3.49. The van der Waals surface area contributed by atoms with Crippen LogP contribution < -0.4 is 15.4 Å². The molecule has 1 unspecified atom stereocenters. The number of aromatic nitrogens is 4. The van der Waals surface area contributed by atoms with Crippen LogP contribution in [0.25, 0.3) is 0 Å². The summed E-state index contributed by atoms with van der Waals surface area (Å²) in [6.07, 6.45) is -3.21. The molecular formula is C19H22F4N6O3. The quantitative estimate of drug-likeness (QED) is 0.646. The van der Waals surface area contributed by atoms with E-state index in [2.05, 4.69) is 15.1 Å². The van der Waals surface area contributed by atoms with Crippen LogP contribution in [-0.2, 0) is 11.3 Å². The average molecular weight is 458 g/mol. The highest BCUT2D eigenvalue weighted by Gasteiger charge is 2.47. The number of halogens is 4. The second kappa shape index (κ2) is 7.71. The largest absolute Gasteiger partial charge is 0.409 e. The Bertz CT molecular complexity index is 1070. The summed E-state index contributed by atoms with van der Waals surface area (Å²) >= 11 is 0. The number of nitrogens with zero attached hydrogens (tertiary/aromatic N) is 6. The van der Waals surface area contributed by atoms with Crippen LogP contribution in [0.3, 0.4) is 0 Å². The fourth-order valence-corrected chi connectivity index (χ4v) is 4.20. The third kappa shape index (κ3) is 3.71. The molecule has 0 amide bonds. The van der Waals surface area contributed by atoms with Gasteiger partial charge in [0.1, 0.15) is 12.6 Å². The van der Waals surface area contributed by atoms with E-state index in [1.807, 2.05) is 0 Å². The van der Waals surface area contributed by atoms with Crippen molar-refractivity contribution >= 4 is 11.8 Å². The van der Waals surface area contributed by atoms with E-state index in [9.17, 15) is 18.0 Å². The molecule has 2 aromatic rings. The number of ether oxygens (including phenoxy) is 1. The predicted molar refractivity (Wildman–Crippen MR) is 103 cm³/mol. The molecule has 2 fully saturated rings. The molecule has 174 valence electrons. The van der Waals surface area contributed by atoms with Gasteiger partial charge >= 0.3 is 6.18 Å². The van der Waals surface area contributed by atoms with E-state index < -0.39 is 30.0 Å². The van der Waals surface area contributed by atoms with Crippen molar-refractivity contribution in [3.63, 3.8) is 0 Å². The molecule has 4 heterocycles. The normalized spacial score (nSPS) is 24.0. The van der Waals surface area contributed by atoms with Gasteiger partial charge in [0, 0.05) is 19.0 Å². The van der Waals surface area contributed by atoms with E-state index >= 15 is 4.39 Å². The summed E-state index contributed by atoms with van der Waals surface area (Å²) in [5, 5.41) is 3.92. The number of hydrogen-bond acceptors (Lipinski definition) is 8. The first-order valence-corrected chi connectivity index (χ1v) is 10.5. The maximum absolute atomic E-state index is 15.1. The molecule has 9 nitrogen and oxygen atoms in total. The molecule has 0 N–H and O–H groups in total. The van der Waals surface area contributed by atoms with Crippen molar-refractivity contribution in [1.82, 2.24) is 19.7 Å². The minimum Gasteiger partial charge on any atom is -0.377 e. The first-order chi connectivity index (χ1) is 15.2. The van der Waals surface area contributed by atoms with Gasteiger partial charge in [-0.05, 0) is 26.2 Å². The number of rotatable bonds is 4. The molecule has 2 atom stereocenters. The van der Waals surface area contributed by atoms with Crippen molar-refractivity contribution in [3.05, 3.63) is 27.9 Å². The minimum atomic E-state index is -4.73. The zero-order valence-electron chi connectivity index (χ0n) is 17.3. The van der Waals surface area contributed by atoms with Crippen molar-refractivity contribution in [1.29, 1.82) is 0 Å². The summed E-state index contributed by atoms with van der Waals surface area (Å²) < 4.78 is 67.2. The molecule has 5 rings (SSSR count). The topological polar surface area (TPSA) is 89.5 Å². The summed E-state index contributed by atoms with van der Waals surface area (Å²) in [5.74, 6) is -0.799. The molecule has 32 heavy (non-hydrogen) atoms. The van der Waals surface area contributed by atoms with E-state index in [0.717, 1.165) is 12.8 Å². The Kier molecular flexibility index (Phi) is 5.10. The van der Waals surface area contributed by atoms with E-state index in [0.29, 0.717) is 23.6 Å². The van der Waals surface area contributed by atoms with E-state index in [1.165, 1.54) is 4.90 Å². The van der Waals surface area contributed by atoms with Crippen LogP contribution in [0.5, 0.6) is 0 Å². The lowest BCUT2D eigenvalue weighted by atomic mass is 10.1. The maximum Gasteiger partial charge on any atom is 0.409 e. The lowest BCUT2D eigenvalue weighted by Gasteiger charge is -2.38. The molecule has 2 aromatic heterocycles. The van der Waals surface area contributed by atoms with Crippen molar-refractivity contribution in [2.45, 2.75) is 56.9 Å². The van der Waals surface area contributed by atoms with Gasteiger partial charge in [0.05, 0.1) is 19.3 Å². The molecule has 1 saturated carbocycles. The first kappa shape index (κ1) is 21.2. The molecule has 3 aliphatic rings. The van der Waals surface area contributed by atoms with E-state index in [4.69, 9.17) is 9.26 Å². The van der Waals surface area contributed by atoms with Crippen molar-refractivity contribution in [2.24, 2.45) is 0 Å². The summed E-state index contributed by atoms with van der Waals surface area (Å²) in [5.41, 5.74) is -1.35. The van der Waals surface area contributed by atoms with Crippen LogP contribution in [0.1, 0.15) is 49.9 Å². The fourth-order valence-electron chi connectivity index (χ4n) is 4.20. The second-order valence-corrected chi connectivity index (χ2v) is 8.43. The second-order valence-electron chi connectivity index (χ2n) is 8.43. The van der Waals surface area contributed by atoms with Gasteiger partial charge in [-0.3, -0.25) is 9.36 Å². The molecule has 13 heteroatoms. The van der Waals surface area contributed by atoms with Crippen LogP contribution in [0.2, 0.25) is 0 Å². The molecule has 0 bridgehead atoms. The summed E-state index contributed by atoms with van der Waals surface area (Å²) in [6.45, 7) is 2.55. The zero-order chi connectivity index (χ0) is 22.6. The predicted octanol–water partition coefficient (Wildman–Crippen LogP) is 2.38. The van der Waals surface area contributed by atoms with Crippen LogP contribution in [0.4, 0.5) is 29.3 Å². The van der Waals surface area contributed by atoms with Gasteiger partial charge in [-0.1, -0.05) is 5.16 Å². The van der Waals surface area contributed by atoms with Gasteiger partial charge in [0.2, 0.25) is 17.7 Å². The van der Waals surface area contributed by atoms with Crippen LogP contribution in [-0.4, -0.2) is 58.2 Å². The third-order valence-corrected chi connectivity index (χ3v) is 6.06. The molecule has 0 aromatic carbocycles. The smallest absolute Gasteiger partial charge is 0.377 e. The zero-order valence-corrected chi connectivity index (χ0v) is 17.3. The Labute approximate surface area is 180 Å². The number of alkyl halides is 3. The summed E-state index contributed by atoms with van der Waals surface area (Å²) in [7, 11) is 0. The third-order valence-electron chi connectivity index (χ3n) is 6.06. The standard InChI is InChI=1S/C19H22F4N6O3/c1-10-9-31-7-6-28(10)16-14(20)17(30)29-12(19(21,22)23)4-5-27(18(29)25-16)8-13-24-15(26-32-13)11-2-3-11/h10-12H,2-9H2,1H3/t10-,12?/m1/s1. The first-order valence-electron chi connectivity index (χ1n) is 10.5. The summed E-state index contributed by atoms with van der Waals surface area (Å²) in [6, 6.07) is -2.45. The van der Waals surface area contributed by atoms with E-state index in [-0.39, 0.29) is 49.3 Å². The molecule has 0 spiro atoms. The van der Waals surface area contributed by atoms with Crippen molar-refractivity contribution < 1.29 is 26.8 Å². The number of hydrogen-bond donors (Lipinski definition) is 0. The van der Waals surface area contributed by atoms with Gasteiger partial charge in [-0.15, -0.1) is 0 Å². The molecule has 1 aliphatic carbocycles. The SMILES string of the molecule is C[C@@H]1COCCN1c1nc2n(c(=O)c1F)C(C(F)(F)F)CCN2Cc1nc(C2CC2)no1. The van der Waals surface area contributed by atoms with Crippen LogP contribution in [0.15, 0.2) is 9.32 Å². The summed E-state index contributed by atoms with van der Waals surface area (Å²) in [4.78, 5) is 24.4. The molecular weight excluding hydrogens is 436 g/mol. The Morgan fingerprint density at radius 2 is 1.94 bits per heavy atom. The Balaban J connectivity index is 1.57. The Hall–Kier alpha value is -2.70. The fraction of sp³-hybridized carbons (Fsp3) is 0.684. The van der Waals surface area contributed by atoms with E-state index in [1.54, 1.807) is 11.8 Å². The number of fused-ring (bicyclic) bond motifs is 1.